The highest BCUT2D eigenvalue weighted by Crippen LogP contribution is 2.32. The van der Waals surface area contributed by atoms with Crippen LogP contribution >= 0.6 is 11.6 Å². The molecule has 0 aliphatic heterocycles. The summed E-state index contributed by atoms with van der Waals surface area (Å²) < 4.78 is 11.8. The van der Waals surface area contributed by atoms with Gasteiger partial charge < -0.3 is 14.8 Å². The second kappa shape index (κ2) is 6.12. The van der Waals surface area contributed by atoms with E-state index in [4.69, 9.17) is 21.1 Å². The van der Waals surface area contributed by atoms with Crippen molar-refractivity contribution in [3.05, 3.63) is 28.3 Å². The summed E-state index contributed by atoms with van der Waals surface area (Å²) in [5.41, 5.74) is 2.10. The fraction of sp³-hybridized carbons (Fsp3) is 0.600. The van der Waals surface area contributed by atoms with E-state index in [2.05, 4.69) is 5.32 Å². The van der Waals surface area contributed by atoms with Crippen LogP contribution in [0, 0.1) is 13.8 Å². The summed E-state index contributed by atoms with van der Waals surface area (Å²) in [4.78, 5) is 0. The molecule has 4 heteroatoms. The Balaban J connectivity index is 2.05. The lowest BCUT2D eigenvalue weighted by atomic mass is 9.85. The highest BCUT2D eigenvalue weighted by atomic mass is 35.5. The Morgan fingerprint density at radius 1 is 1.32 bits per heavy atom. The number of likely N-dealkylation sites (N-methyl/N-ethyl adjacent to an activating group) is 1. The predicted octanol–water partition coefficient (Wildman–Crippen LogP) is 3.10. The first-order chi connectivity index (χ1) is 9.06. The number of hydrogen-bond donors (Lipinski definition) is 1. The molecular weight excluding hydrogens is 262 g/mol. The molecule has 1 aliphatic rings. The van der Waals surface area contributed by atoms with Crippen LogP contribution in [0.15, 0.2) is 12.1 Å². The molecule has 3 unspecified atom stereocenters. The number of aryl methyl sites for hydroxylation is 2. The van der Waals surface area contributed by atoms with Crippen molar-refractivity contribution in [2.45, 2.75) is 45.4 Å². The molecule has 1 aromatic carbocycles. The van der Waals surface area contributed by atoms with Gasteiger partial charge >= 0.3 is 0 Å². The zero-order valence-electron chi connectivity index (χ0n) is 12.0. The number of benzene rings is 1. The van der Waals surface area contributed by atoms with Gasteiger partial charge in [-0.05, 0) is 51.1 Å². The molecule has 0 heterocycles. The topological polar surface area (TPSA) is 30.5 Å². The quantitative estimate of drug-likeness (QED) is 0.901. The van der Waals surface area contributed by atoms with Gasteiger partial charge in [0.25, 0.3) is 0 Å². The van der Waals surface area contributed by atoms with E-state index in [-0.39, 0.29) is 12.2 Å². The van der Waals surface area contributed by atoms with Crippen molar-refractivity contribution in [1.82, 2.24) is 5.32 Å². The average Bonchev–Trinajstić information content (AvgIpc) is 2.37. The van der Waals surface area contributed by atoms with Gasteiger partial charge in [0.2, 0.25) is 0 Å². The first-order valence-electron chi connectivity index (χ1n) is 6.79. The summed E-state index contributed by atoms with van der Waals surface area (Å²) in [6, 6.07) is 4.37. The van der Waals surface area contributed by atoms with Crippen LogP contribution in [-0.2, 0) is 4.74 Å². The van der Waals surface area contributed by atoms with E-state index < -0.39 is 0 Å². The molecule has 1 N–H and O–H groups in total. The Bertz CT molecular complexity index is 427. The molecule has 19 heavy (non-hydrogen) atoms. The van der Waals surface area contributed by atoms with Gasteiger partial charge in [-0.3, -0.25) is 0 Å². The molecule has 3 nitrogen and oxygen atoms in total. The van der Waals surface area contributed by atoms with E-state index >= 15 is 0 Å². The molecule has 106 valence electrons. The maximum Gasteiger partial charge on any atom is 0.128 e. The second-order valence-corrected chi connectivity index (χ2v) is 5.46. The third-order valence-corrected chi connectivity index (χ3v) is 4.27. The first-order valence-corrected chi connectivity index (χ1v) is 7.16. The van der Waals surface area contributed by atoms with Gasteiger partial charge in [0.05, 0.1) is 0 Å². The van der Waals surface area contributed by atoms with Crippen LogP contribution in [0.25, 0.3) is 0 Å². The number of halogens is 1. The largest absolute Gasteiger partial charge is 0.488 e. The highest BCUT2D eigenvalue weighted by Gasteiger charge is 2.42. The highest BCUT2D eigenvalue weighted by molar-refractivity contribution is 6.32. The minimum Gasteiger partial charge on any atom is -0.488 e. The van der Waals surface area contributed by atoms with Crippen molar-refractivity contribution >= 4 is 11.6 Å². The first kappa shape index (κ1) is 14.6. The predicted molar refractivity (Wildman–Crippen MR) is 78.2 cm³/mol. The number of rotatable bonds is 5. The molecule has 1 fully saturated rings. The molecule has 0 amide bonds. The zero-order valence-corrected chi connectivity index (χ0v) is 12.8. The van der Waals surface area contributed by atoms with Crippen LogP contribution in [0.5, 0.6) is 5.75 Å². The molecule has 0 saturated heterocycles. The van der Waals surface area contributed by atoms with Crippen LogP contribution in [0.4, 0.5) is 0 Å². The Kier molecular flexibility index (Phi) is 4.71. The Morgan fingerprint density at radius 2 is 1.95 bits per heavy atom. The van der Waals surface area contributed by atoms with E-state index in [1.54, 1.807) is 0 Å². The maximum absolute atomic E-state index is 6.17. The summed E-state index contributed by atoms with van der Waals surface area (Å²) in [6.07, 6.45) is 1.23. The molecule has 2 rings (SSSR count). The fourth-order valence-electron chi connectivity index (χ4n) is 2.54. The van der Waals surface area contributed by atoms with Gasteiger partial charge in [-0.2, -0.15) is 0 Å². The van der Waals surface area contributed by atoms with E-state index in [1.807, 2.05) is 40.0 Å². The van der Waals surface area contributed by atoms with E-state index in [1.165, 1.54) is 0 Å². The minimum absolute atomic E-state index is 0.123. The average molecular weight is 284 g/mol. The van der Waals surface area contributed by atoms with Crippen molar-refractivity contribution in [2.75, 3.05) is 13.7 Å². The summed E-state index contributed by atoms with van der Waals surface area (Å²) in [7, 11) is 1.96. The Labute approximate surface area is 120 Å². The van der Waals surface area contributed by atoms with Gasteiger partial charge in [0, 0.05) is 24.1 Å². The van der Waals surface area contributed by atoms with E-state index in [0.29, 0.717) is 12.6 Å². The van der Waals surface area contributed by atoms with E-state index in [9.17, 15) is 0 Å². The van der Waals surface area contributed by atoms with Crippen molar-refractivity contribution in [1.29, 1.82) is 0 Å². The van der Waals surface area contributed by atoms with Crippen LogP contribution in [-0.4, -0.2) is 31.9 Å². The Morgan fingerprint density at radius 3 is 2.47 bits per heavy atom. The van der Waals surface area contributed by atoms with Crippen LogP contribution < -0.4 is 10.1 Å². The molecule has 0 radical (unpaired) electrons. The summed E-state index contributed by atoms with van der Waals surface area (Å²) in [5, 5.41) is 4.07. The van der Waals surface area contributed by atoms with Crippen molar-refractivity contribution in [3.8, 4) is 5.75 Å². The lowest BCUT2D eigenvalue weighted by Gasteiger charge is -2.43. The lowest BCUT2D eigenvalue weighted by Crippen LogP contribution is -2.60. The molecule has 0 aromatic heterocycles. The number of ether oxygens (including phenoxy) is 2. The maximum atomic E-state index is 6.17. The molecule has 3 atom stereocenters. The lowest BCUT2D eigenvalue weighted by molar-refractivity contribution is -0.103. The molecule has 0 spiro atoms. The van der Waals surface area contributed by atoms with Crippen LogP contribution in [0.2, 0.25) is 5.02 Å². The molecule has 1 aromatic rings. The zero-order chi connectivity index (χ0) is 14.0. The van der Waals surface area contributed by atoms with Gasteiger partial charge in [-0.1, -0.05) is 11.6 Å². The van der Waals surface area contributed by atoms with Crippen LogP contribution in [0.3, 0.4) is 0 Å². The van der Waals surface area contributed by atoms with Crippen LogP contribution in [0.1, 0.15) is 24.5 Å². The van der Waals surface area contributed by atoms with Crippen molar-refractivity contribution < 1.29 is 9.47 Å². The SMILES string of the molecule is CCOC1C(NC)CC1Oc1cc(C)c(Cl)c(C)c1. The summed E-state index contributed by atoms with van der Waals surface area (Å²) >= 11 is 6.17. The minimum atomic E-state index is 0.123. The normalized spacial score (nSPS) is 26.1. The second-order valence-electron chi connectivity index (χ2n) is 5.08. The molecule has 0 bridgehead atoms. The van der Waals surface area contributed by atoms with Crippen molar-refractivity contribution in [3.63, 3.8) is 0 Å². The molecule has 1 aliphatic carbocycles. The van der Waals surface area contributed by atoms with Gasteiger partial charge in [0.1, 0.15) is 18.0 Å². The third-order valence-electron chi connectivity index (χ3n) is 3.68. The summed E-state index contributed by atoms with van der Waals surface area (Å²) in [6.45, 7) is 6.72. The Hall–Kier alpha value is -0.770. The van der Waals surface area contributed by atoms with Gasteiger partial charge in [-0.15, -0.1) is 0 Å². The van der Waals surface area contributed by atoms with Gasteiger partial charge in [0.15, 0.2) is 0 Å². The molecule has 1 saturated carbocycles. The third kappa shape index (κ3) is 3.04. The van der Waals surface area contributed by atoms with Gasteiger partial charge in [-0.25, -0.2) is 0 Å². The van der Waals surface area contributed by atoms with E-state index in [0.717, 1.165) is 28.3 Å². The standard InChI is InChI=1S/C15H22ClNO2/c1-5-18-15-12(17-4)8-13(15)19-11-6-9(2)14(16)10(3)7-11/h6-7,12-13,15,17H,5,8H2,1-4H3. The number of nitrogens with one attached hydrogen (secondary N) is 1. The monoisotopic (exact) mass is 283 g/mol. The number of hydrogen-bond acceptors (Lipinski definition) is 3. The fourth-order valence-corrected chi connectivity index (χ4v) is 2.65. The summed E-state index contributed by atoms with van der Waals surface area (Å²) in [5.74, 6) is 0.878. The molecular formula is C15H22ClNO2. The smallest absolute Gasteiger partial charge is 0.128 e. The van der Waals surface area contributed by atoms with Crippen molar-refractivity contribution in [2.24, 2.45) is 0 Å².